The van der Waals surface area contributed by atoms with Crippen molar-refractivity contribution >= 4 is 11.6 Å². The molecule has 5 nitrogen and oxygen atoms in total. The lowest BCUT2D eigenvalue weighted by Gasteiger charge is -2.36. The van der Waals surface area contributed by atoms with Gasteiger partial charge in [0, 0.05) is 65.0 Å². The summed E-state index contributed by atoms with van der Waals surface area (Å²) in [6, 6.07) is 8.71. The number of ether oxygens (including phenoxy) is 1. The van der Waals surface area contributed by atoms with Crippen molar-refractivity contribution in [3.8, 4) is 0 Å². The molecular formula is C21H33N3O2. The molecule has 0 radical (unpaired) electrons. The Morgan fingerprint density at radius 3 is 2.73 bits per heavy atom. The van der Waals surface area contributed by atoms with Crippen LogP contribution in [-0.4, -0.2) is 74.7 Å². The number of anilines is 1. The molecule has 0 N–H and O–H groups in total. The first-order valence-corrected chi connectivity index (χ1v) is 10.0. The van der Waals surface area contributed by atoms with Crippen LogP contribution in [0, 0.1) is 6.92 Å². The Morgan fingerprint density at radius 1 is 1.23 bits per heavy atom. The van der Waals surface area contributed by atoms with E-state index < -0.39 is 0 Å². The number of aryl methyl sites for hydroxylation is 1. The molecule has 3 rings (SSSR count). The predicted molar refractivity (Wildman–Crippen MR) is 106 cm³/mol. The van der Waals surface area contributed by atoms with Crippen molar-refractivity contribution in [2.24, 2.45) is 0 Å². The third-order valence-corrected chi connectivity index (χ3v) is 5.56. The molecule has 0 saturated carbocycles. The minimum Gasteiger partial charge on any atom is -0.376 e. The van der Waals surface area contributed by atoms with Crippen molar-refractivity contribution in [1.82, 2.24) is 9.80 Å². The molecule has 1 atom stereocenters. The summed E-state index contributed by atoms with van der Waals surface area (Å²) in [5.41, 5.74) is 2.62. The fraction of sp³-hybridized carbons (Fsp3) is 0.667. The molecule has 1 aromatic rings. The van der Waals surface area contributed by atoms with E-state index in [0.717, 1.165) is 58.7 Å². The van der Waals surface area contributed by atoms with E-state index in [1.165, 1.54) is 17.7 Å². The number of benzene rings is 1. The van der Waals surface area contributed by atoms with Crippen LogP contribution in [0.15, 0.2) is 24.3 Å². The van der Waals surface area contributed by atoms with Crippen LogP contribution < -0.4 is 4.90 Å². The molecule has 1 amide bonds. The minimum atomic E-state index is 0.232. The number of carbonyl (C=O) groups excluding carboxylic acids is 1. The highest BCUT2D eigenvalue weighted by molar-refractivity contribution is 5.76. The topological polar surface area (TPSA) is 36.0 Å². The lowest BCUT2D eigenvalue weighted by Crippen LogP contribution is -2.47. The highest BCUT2D eigenvalue weighted by atomic mass is 16.5. The van der Waals surface area contributed by atoms with Crippen LogP contribution >= 0.6 is 0 Å². The number of rotatable bonds is 6. The van der Waals surface area contributed by atoms with Gasteiger partial charge in [0.05, 0.1) is 6.10 Å². The van der Waals surface area contributed by atoms with Gasteiger partial charge in [-0.2, -0.15) is 0 Å². The van der Waals surface area contributed by atoms with Crippen LogP contribution in [0.3, 0.4) is 0 Å². The average molecular weight is 360 g/mol. The Bertz CT molecular complexity index is 578. The molecule has 26 heavy (non-hydrogen) atoms. The monoisotopic (exact) mass is 359 g/mol. The Hall–Kier alpha value is -1.59. The lowest BCUT2D eigenvalue weighted by atomic mass is 10.1. The van der Waals surface area contributed by atoms with Gasteiger partial charge < -0.3 is 14.5 Å². The molecule has 0 aliphatic carbocycles. The van der Waals surface area contributed by atoms with E-state index in [0.29, 0.717) is 6.42 Å². The molecular weight excluding hydrogens is 326 g/mol. The number of hydrogen-bond acceptors (Lipinski definition) is 4. The summed E-state index contributed by atoms with van der Waals surface area (Å²) in [5, 5.41) is 0. The van der Waals surface area contributed by atoms with E-state index in [9.17, 15) is 4.79 Å². The second-order valence-electron chi connectivity index (χ2n) is 7.68. The van der Waals surface area contributed by atoms with Gasteiger partial charge in [-0.05, 0) is 43.9 Å². The van der Waals surface area contributed by atoms with Gasteiger partial charge in [0.1, 0.15) is 0 Å². The van der Waals surface area contributed by atoms with Gasteiger partial charge in [0.15, 0.2) is 0 Å². The molecule has 1 unspecified atom stereocenters. The second kappa shape index (κ2) is 9.38. The van der Waals surface area contributed by atoms with E-state index in [4.69, 9.17) is 4.74 Å². The van der Waals surface area contributed by atoms with Gasteiger partial charge in [0.2, 0.25) is 5.91 Å². The van der Waals surface area contributed by atoms with Crippen molar-refractivity contribution in [2.75, 3.05) is 57.8 Å². The Morgan fingerprint density at radius 2 is 2.04 bits per heavy atom. The van der Waals surface area contributed by atoms with E-state index in [-0.39, 0.29) is 12.0 Å². The molecule has 1 aromatic carbocycles. The Kier molecular flexibility index (Phi) is 6.92. The van der Waals surface area contributed by atoms with Crippen molar-refractivity contribution in [3.05, 3.63) is 29.8 Å². The number of likely N-dealkylation sites (N-methyl/N-ethyl adjacent to an activating group) is 1. The zero-order chi connectivity index (χ0) is 18.4. The molecule has 5 heteroatoms. The summed E-state index contributed by atoms with van der Waals surface area (Å²) in [6.45, 7) is 8.69. The maximum absolute atomic E-state index is 12.4. The maximum atomic E-state index is 12.4. The minimum absolute atomic E-state index is 0.232. The highest BCUT2D eigenvalue weighted by Crippen LogP contribution is 2.18. The van der Waals surface area contributed by atoms with E-state index in [2.05, 4.69) is 41.0 Å². The highest BCUT2D eigenvalue weighted by Gasteiger charge is 2.21. The zero-order valence-electron chi connectivity index (χ0n) is 16.3. The molecule has 2 fully saturated rings. The molecule has 144 valence electrons. The standard InChI is InChI=1S/C21H33N3O2/c1-18-6-5-7-19(16-18)24-13-11-23(12-14-24)10-9-21(25)22(2)17-20-8-3-4-15-26-20/h5-7,16,20H,3-4,8-15,17H2,1-2H3. The first kappa shape index (κ1) is 19.2. The first-order chi connectivity index (χ1) is 12.6. The molecule has 2 heterocycles. The number of nitrogens with zero attached hydrogens (tertiary/aromatic N) is 3. The van der Waals surface area contributed by atoms with Crippen LogP contribution in [0.2, 0.25) is 0 Å². The number of piperazine rings is 1. The second-order valence-corrected chi connectivity index (χ2v) is 7.68. The maximum Gasteiger partial charge on any atom is 0.223 e. The third-order valence-electron chi connectivity index (χ3n) is 5.56. The molecule has 0 aromatic heterocycles. The summed E-state index contributed by atoms with van der Waals surface area (Å²) >= 11 is 0. The fourth-order valence-corrected chi connectivity index (χ4v) is 3.86. The van der Waals surface area contributed by atoms with Crippen molar-refractivity contribution in [2.45, 2.75) is 38.7 Å². The number of amides is 1. The lowest BCUT2D eigenvalue weighted by molar-refractivity contribution is -0.132. The largest absolute Gasteiger partial charge is 0.376 e. The van der Waals surface area contributed by atoms with E-state index in [1.807, 2.05) is 11.9 Å². The summed E-state index contributed by atoms with van der Waals surface area (Å²) in [5.74, 6) is 0.236. The van der Waals surface area contributed by atoms with Crippen molar-refractivity contribution < 1.29 is 9.53 Å². The predicted octanol–water partition coefficient (Wildman–Crippen LogP) is 2.53. The Labute approximate surface area is 157 Å². The van der Waals surface area contributed by atoms with Gasteiger partial charge in [-0.3, -0.25) is 9.69 Å². The fourth-order valence-electron chi connectivity index (χ4n) is 3.86. The van der Waals surface area contributed by atoms with Gasteiger partial charge in [0.25, 0.3) is 0 Å². The SMILES string of the molecule is Cc1cccc(N2CCN(CCC(=O)N(C)CC3CCCCO3)CC2)c1. The van der Waals surface area contributed by atoms with Crippen LogP contribution in [0.5, 0.6) is 0 Å². The molecule has 2 aliphatic rings. The first-order valence-electron chi connectivity index (χ1n) is 10.0. The van der Waals surface area contributed by atoms with Crippen LogP contribution in [0.25, 0.3) is 0 Å². The van der Waals surface area contributed by atoms with Crippen molar-refractivity contribution in [1.29, 1.82) is 0 Å². The van der Waals surface area contributed by atoms with E-state index in [1.54, 1.807) is 0 Å². The summed E-state index contributed by atoms with van der Waals surface area (Å²) < 4.78 is 5.75. The van der Waals surface area contributed by atoms with Crippen LogP contribution in [0.1, 0.15) is 31.2 Å². The quantitative estimate of drug-likeness (QED) is 0.782. The van der Waals surface area contributed by atoms with Crippen LogP contribution in [0.4, 0.5) is 5.69 Å². The average Bonchev–Trinajstić information content (AvgIpc) is 2.67. The molecule has 0 spiro atoms. The van der Waals surface area contributed by atoms with Gasteiger partial charge >= 0.3 is 0 Å². The van der Waals surface area contributed by atoms with Crippen LogP contribution in [-0.2, 0) is 9.53 Å². The zero-order valence-corrected chi connectivity index (χ0v) is 16.3. The third kappa shape index (κ3) is 5.45. The summed E-state index contributed by atoms with van der Waals surface area (Å²) in [4.78, 5) is 19.1. The van der Waals surface area contributed by atoms with Crippen molar-refractivity contribution in [3.63, 3.8) is 0 Å². The van der Waals surface area contributed by atoms with Gasteiger partial charge in [-0.25, -0.2) is 0 Å². The summed E-state index contributed by atoms with van der Waals surface area (Å²) in [7, 11) is 1.91. The normalized spacial score (nSPS) is 21.6. The van der Waals surface area contributed by atoms with E-state index >= 15 is 0 Å². The molecule has 2 saturated heterocycles. The smallest absolute Gasteiger partial charge is 0.223 e. The molecule has 0 bridgehead atoms. The summed E-state index contributed by atoms with van der Waals surface area (Å²) in [6.07, 6.45) is 4.29. The van der Waals surface area contributed by atoms with Gasteiger partial charge in [-0.1, -0.05) is 12.1 Å². The van der Waals surface area contributed by atoms with Gasteiger partial charge in [-0.15, -0.1) is 0 Å². The number of carbonyl (C=O) groups is 1. The Balaban J connectivity index is 1.37. The number of hydrogen-bond donors (Lipinski definition) is 0. The molecule has 2 aliphatic heterocycles.